The van der Waals surface area contributed by atoms with Crippen LogP contribution in [0, 0.1) is 0 Å². The van der Waals surface area contributed by atoms with Gasteiger partial charge in [0.2, 0.25) is 0 Å². The molecular weight excluding hydrogens is 248 g/mol. The van der Waals surface area contributed by atoms with Crippen LogP contribution in [0.5, 0.6) is 0 Å². The van der Waals surface area contributed by atoms with Crippen molar-refractivity contribution in [2.45, 2.75) is 0 Å². The summed E-state index contributed by atoms with van der Waals surface area (Å²) in [6.45, 7) is 2.47. The highest BCUT2D eigenvalue weighted by Gasteiger charge is 1.98. The molecule has 0 spiro atoms. The zero-order chi connectivity index (χ0) is 10.2. The quantitative estimate of drug-likeness (QED) is 0.734. The lowest BCUT2D eigenvalue weighted by Gasteiger charge is -2.06. The number of nitrogens with zero attached hydrogens (tertiary/aromatic N) is 2. The van der Waals surface area contributed by atoms with Crippen LogP contribution in [0.1, 0.15) is 0 Å². The number of anilines is 1. The normalized spacial score (nSPS) is 10.1. The zero-order valence-corrected chi connectivity index (χ0v) is 9.33. The van der Waals surface area contributed by atoms with E-state index < -0.39 is 0 Å². The van der Waals surface area contributed by atoms with Crippen molar-refractivity contribution in [1.29, 1.82) is 0 Å². The molecule has 3 N–H and O–H groups in total. The van der Waals surface area contributed by atoms with E-state index in [2.05, 4.69) is 31.2 Å². The van der Waals surface area contributed by atoms with E-state index in [1.807, 2.05) is 0 Å². The Labute approximate surface area is 91.2 Å². The second kappa shape index (κ2) is 6.69. The third kappa shape index (κ3) is 3.99. The number of hydrogen-bond donors (Lipinski definition) is 2. The van der Waals surface area contributed by atoms with Crippen molar-refractivity contribution in [1.82, 2.24) is 9.97 Å². The summed E-state index contributed by atoms with van der Waals surface area (Å²) in [7, 11) is 0. The van der Waals surface area contributed by atoms with Crippen molar-refractivity contribution in [2.24, 2.45) is 5.73 Å². The topological polar surface area (TPSA) is 73.1 Å². The molecule has 1 aromatic heterocycles. The van der Waals surface area contributed by atoms with Crippen LogP contribution < -0.4 is 11.1 Å². The van der Waals surface area contributed by atoms with E-state index in [-0.39, 0.29) is 0 Å². The van der Waals surface area contributed by atoms with Crippen molar-refractivity contribution in [3.63, 3.8) is 0 Å². The Morgan fingerprint density at radius 2 is 2.36 bits per heavy atom. The van der Waals surface area contributed by atoms with Crippen LogP contribution in [-0.2, 0) is 4.74 Å². The number of hydrogen-bond acceptors (Lipinski definition) is 5. The Hall–Kier alpha value is -0.720. The standard InChI is InChI=1S/C8H13BrN4O/c9-7-5-11-6-13-8(7)12-2-4-14-3-1-10/h5-6H,1-4,10H2,(H,11,12,13). The van der Waals surface area contributed by atoms with Crippen molar-refractivity contribution < 1.29 is 4.74 Å². The van der Waals surface area contributed by atoms with E-state index in [9.17, 15) is 0 Å². The number of nitrogens with two attached hydrogens (primary N) is 1. The van der Waals surface area contributed by atoms with Gasteiger partial charge in [-0.3, -0.25) is 0 Å². The molecule has 0 aromatic carbocycles. The molecule has 0 aliphatic carbocycles. The highest BCUT2D eigenvalue weighted by atomic mass is 79.9. The summed E-state index contributed by atoms with van der Waals surface area (Å²) in [6, 6.07) is 0. The van der Waals surface area contributed by atoms with E-state index in [0.717, 1.165) is 10.3 Å². The minimum absolute atomic E-state index is 0.553. The first-order chi connectivity index (χ1) is 6.84. The minimum atomic E-state index is 0.553. The van der Waals surface area contributed by atoms with Gasteiger partial charge in [-0.1, -0.05) is 0 Å². The molecule has 0 saturated carbocycles. The second-order valence-electron chi connectivity index (χ2n) is 2.55. The van der Waals surface area contributed by atoms with Crippen molar-refractivity contribution in [2.75, 3.05) is 31.6 Å². The Bertz CT molecular complexity index is 271. The van der Waals surface area contributed by atoms with Gasteiger partial charge in [0.15, 0.2) is 0 Å². The Kier molecular flexibility index (Phi) is 5.43. The molecule has 0 unspecified atom stereocenters. The van der Waals surface area contributed by atoms with Crippen molar-refractivity contribution in [3.05, 3.63) is 17.0 Å². The Morgan fingerprint density at radius 1 is 1.50 bits per heavy atom. The molecule has 0 atom stereocenters. The lowest BCUT2D eigenvalue weighted by molar-refractivity contribution is 0.151. The van der Waals surface area contributed by atoms with Crippen LogP contribution in [-0.4, -0.2) is 36.3 Å². The van der Waals surface area contributed by atoms with Gasteiger partial charge in [-0.15, -0.1) is 0 Å². The van der Waals surface area contributed by atoms with Crippen LogP contribution in [0.2, 0.25) is 0 Å². The van der Waals surface area contributed by atoms with E-state index in [1.165, 1.54) is 6.33 Å². The summed E-state index contributed by atoms with van der Waals surface area (Å²) in [4.78, 5) is 7.90. The van der Waals surface area contributed by atoms with E-state index in [0.29, 0.717) is 26.3 Å². The van der Waals surface area contributed by atoms with Gasteiger partial charge in [-0.2, -0.15) is 0 Å². The Morgan fingerprint density at radius 3 is 3.07 bits per heavy atom. The first-order valence-electron chi connectivity index (χ1n) is 4.32. The number of ether oxygens (including phenoxy) is 1. The zero-order valence-electron chi connectivity index (χ0n) is 7.74. The maximum Gasteiger partial charge on any atom is 0.143 e. The van der Waals surface area contributed by atoms with Gasteiger partial charge in [0, 0.05) is 19.3 Å². The smallest absolute Gasteiger partial charge is 0.143 e. The van der Waals surface area contributed by atoms with Gasteiger partial charge >= 0.3 is 0 Å². The van der Waals surface area contributed by atoms with Gasteiger partial charge in [0.1, 0.15) is 12.1 Å². The predicted molar refractivity (Wildman–Crippen MR) is 58.1 cm³/mol. The largest absolute Gasteiger partial charge is 0.378 e. The molecule has 0 fully saturated rings. The fraction of sp³-hybridized carbons (Fsp3) is 0.500. The maximum atomic E-state index is 5.27. The summed E-state index contributed by atoms with van der Waals surface area (Å²) in [5.41, 5.74) is 5.27. The van der Waals surface area contributed by atoms with Gasteiger partial charge in [0.05, 0.1) is 17.7 Å². The third-order valence-electron chi connectivity index (χ3n) is 1.47. The lowest BCUT2D eigenvalue weighted by atomic mass is 10.5. The van der Waals surface area contributed by atoms with E-state index in [1.54, 1.807) is 6.20 Å². The number of halogens is 1. The van der Waals surface area contributed by atoms with Gasteiger partial charge < -0.3 is 15.8 Å². The van der Waals surface area contributed by atoms with Crippen LogP contribution in [0.4, 0.5) is 5.82 Å². The fourth-order valence-corrected chi connectivity index (χ4v) is 1.23. The molecule has 0 saturated heterocycles. The molecular formula is C8H13BrN4O. The highest BCUT2D eigenvalue weighted by molar-refractivity contribution is 9.10. The van der Waals surface area contributed by atoms with E-state index >= 15 is 0 Å². The van der Waals surface area contributed by atoms with Crippen LogP contribution in [0.25, 0.3) is 0 Å². The molecule has 0 amide bonds. The average Bonchev–Trinajstić information content (AvgIpc) is 2.20. The molecule has 6 heteroatoms. The number of aromatic nitrogens is 2. The minimum Gasteiger partial charge on any atom is -0.378 e. The SMILES string of the molecule is NCCOCCNc1ncncc1Br. The monoisotopic (exact) mass is 260 g/mol. The third-order valence-corrected chi connectivity index (χ3v) is 2.05. The van der Waals surface area contributed by atoms with Crippen LogP contribution in [0.15, 0.2) is 17.0 Å². The van der Waals surface area contributed by atoms with E-state index in [4.69, 9.17) is 10.5 Å². The molecule has 0 aliphatic heterocycles. The highest BCUT2D eigenvalue weighted by Crippen LogP contribution is 2.16. The maximum absolute atomic E-state index is 5.27. The number of rotatable bonds is 6. The molecule has 0 radical (unpaired) electrons. The lowest BCUT2D eigenvalue weighted by Crippen LogP contribution is -2.15. The molecule has 0 aliphatic rings. The first kappa shape index (κ1) is 11.4. The first-order valence-corrected chi connectivity index (χ1v) is 5.11. The summed E-state index contributed by atoms with van der Waals surface area (Å²) < 4.78 is 6.04. The summed E-state index contributed by atoms with van der Waals surface area (Å²) in [6.07, 6.45) is 3.18. The second-order valence-corrected chi connectivity index (χ2v) is 3.40. The van der Waals surface area contributed by atoms with Crippen LogP contribution in [0.3, 0.4) is 0 Å². The van der Waals surface area contributed by atoms with Gasteiger partial charge in [0.25, 0.3) is 0 Å². The van der Waals surface area contributed by atoms with Crippen molar-refractivity contribution >= 4 is 21.7 Å². The molecule has 0 bridgehead atoms. The molecule has 5 nitrogen and oxygen atoms in total. The Balaban J connectivity index is 2.21. The van der Waals surface area contributed by atoms with Crippen molar-refractivity contribution in [3.8, 4) is 0 Å². The number of nitrogens with one attached hydrogen (secondary N) is 1. The molecule has 1 rings (SSSR count). The summed E-state index contributed by atoms with van der Waals surface area (Å²) in [5, 5.41) is 3.11. The molecule has 78 valence electrons. The van der Waals surface area contributed by atoms with Crippen LogP contribution >= 0.6 is 15.9 Å². The average molecular weight is 261 g/mol. The fourth-order valence-electron chi connectivity index (χ4n) is 0.870. The molecule has 14 heavy (non-hydrogen) atoms. The van der Waals surface area contributed by atoms with Gasteiger partial charge in [-0.25, -0.2) is 9.97 Å². The molecule has 1 heterocycles. The molecule has 1 aromatic rings. The predicted octanol–water partition coefficient (Wildman–Crippen LogP) is 0.626. The summed E-state index contributed by atoms with van der Waals surface area (Å²) in [5.74, 6) is 0.774. The van der Waals surface area contributed by atoms with Gasteiger partial charge in [-0.05, 0) is 15.9 Å². The summed E-state index contributed by atoms with van der Waals surface area (Å²) >= 11 is 3.33.